The molecule has 0 aromatic rings. The number of carboxylic acid groups (broad SMARTS) is 1. The van der Waals surface area contributed by atoms with Crippen molar-refractivity contribution >= 4 is 11.9 Å². The standard InChI is InChI=1S/C12H20N2O5/c1-13-9-6-18-5-8(9)11(15)14-4-7-2-3-10(19-7)12(16)17/h7-10,13H,2-6H2,1H3,(H,14,15)(H,16,17). The summed E-state index contributed by atoms with van der Waals surface area (Å²) in [6.45, 7) is 1.31. The van der Waals surface area contributed by atoms with E-state index in [-0.39, 0.29) is 24.0 Å². The van der Waals surface area contributed by atoms with E-state index < -0.39 is 12.1 Å². The summed E-state index contributed by atoms with van der Waals surface area (Å²) >= 11 is 0. The third-order valence-electron chi connectivity index (χ3n) is 3.68. The predicted octanol–water partition coefficient (Wildman–Crippen LogP) is -1.03. The van der Waals surface area contributed by atoms with E-state index >= 15 is 0 Å². The second kappa shape index (κ2) is 6.31. The maximum Gasteiger partial charge on any atom is 0.332 e. The number of hydrogen-bond acceptors (Lipinski definition) is 5. The van der Waals surface area contributed by atoms with Gasteiger partial charge < -0.3 is 25.2 Å². The number of carboxylic acids is 1. The lowest BCUT2D eigenvalue weighted by Gasteiger charge is -2.18. The smallest absolute Gasteiger partial charge is 0.332 e. The van der Waals surface area contributed by atoms with E-state index in [4.69, 9.17) is 14.6 Å². The normalized spacial score (nSPS) is 34.4. The van der Waals surface area contributed by atoms with Crippen molar-refractivity contribution < 1.29 is 24.2 Å². The molecule has 2 saturated heterocycles. The number of aliphatic carboxylic acids is 1. The Hall–Kier alpha value is -1.18. The van der Waals surface area contributed by atoms with Gasteiger partial charge in [0.15, 0.2) is 6.10 Å². The van der Waals surface area contributed by atoms with Crippen LogP contribution in [0.2, 0.25) is 0 Å². The molecular formula is C12H20N2O5. The quantitative estimate of drug-likeness (QED) is 0.592. The van der Waals surface area contributed by atoms with Gasteiger partial charge in [-0.15, -0.1) is 0 Å². The fourth-order valence-corrected chi connectivity index (χ4v) is 2.48. The maximum absolute atomic E-state index is 12.0. The van der Waals surface area contributed by atoms with Crippen molar-refractivity contribution in [1.29, 1.82) is 0 Å². The van der Waals surface area contributed by atoms with Crippen molar-refractivity contribution in [3.63, 3.8) is 0 Å². The minimum Gasteiger partial charge on any atom is -0.479 e. The highest BCUT2D eigenvalue weighted by Gasteiger charge is 2.34. The molecule has 0 aliphatic carbocycles. The van der Waals surface area contributed by atoms with Crippen molar-refractivity contribution in [2.75, 3.05) is 26.8 Å². The Morgan fingerprint density at radius 2 is 2.11 bits per heavy atom. The van der Waals surface area contributed by atoms with Gasteiger partial charge in [0.05, 0.1) is 25.2 Å². The van der Waals surface area contributed by atoms with Crippen molar-refractivity contribution in [2.45, 2.75) is 31.1 Å². The van der Waals surface area contributed by atoms with Crippen LogP contribution in [0.25, 0.3) is 0 Å². The van der Waals surface area contributed by atoms with Gasteiger partial charge in [0, 0.05) is 12.6 Å². The third kappa shape index (κ3) is 3.43. The van der Waals surface area contributed by atoms with E-state index in [1.807, 2.05) is 0 Å². The molecule has 4 atom stereocenters. The molecule has 0 spiro atoms. The van der Waals surface area contributed by atoms with Crippen LogP contribution >= 0.6 is 0 Å². The molecule has 7 heteroatoms. The molecular weight excluding hydrogens is 252 g/mol. The van der Waals surface area contributed by atoms with E-state index in [1.54, 1.807) is 7.05 Å². The van der Waals surface area contributed by atoms with Crippen LogP contribution in [0.4, 0.5) is 0 Å². The molecule has 0 aromatic heterocycles. The molecule has 1 amide bonds. The van der Waals surface area contributed by atoms with Gasteiger partial charge in [-0.05, 0) is 19.9 Å². The minimum atomic E-state index is -0.937. The van der Waals surface area contributed by atoms with Crippen molar-refractivity contribution in [2.24, 2.45) is 5.92 Å². The maximum atomic E-state index is 12.0. The highest BCUT2D eigenvalue weighted by Crippen LogP contribution is 2.19. The highest BCUT2D eigenvalue weighted by molar-refractivity contribution is 5.80. The predicted molar refractivity (Wildman–Crippen MR) is 65.7 cm³/mol. The second-order valence-corrected chi connectivity index (χ2v) is 4.95. The lowest BCUT2D eigenvalue weighted by molar-refractivity contribution is -0.149. The average molecular weight is 272 g/mol. The first kappa shape index (κ1) is 14.2. The van der Waals surface area contributed by atoms with E-state index in [1.165, 1.54) is 0 Å². The Labute approximate surface area is 111 Å². The summed E-state index contributed by atoms with van der Waals surface area (Å²) in [6.07, 6.45) is 0.220. The number of amides is 1. The van der Waals surface area contributed by atoms with Crippen LogP contribution in [-0.4, -0.2) is 62.0 Å². The Balaban J connectivity index is 1.74. The Morgan fingerprint density at radius 1 is 1.32 bits per heavy atom. The summed E-state index contributed by atoms with van der Waals surface area (Å²) in [5.41, 5.74) is 0. The van der Waals surface area contributed by atoms with Crippen LogP contribution in [-0.2, 0) is 19.1 Å². The van der Waals surface area contributed by atoms with Crippen LogP contribution in [0.1, 0.15) is 12.8 Å². The number of carbonyl (C=O) groups is 2. The van der Waals surface area contributed by atoms with Gasteiger partial charge in [0.1, 0.15) is 0 Å². The van der Waals surface area contributed by atoms with E-state index in [9.17, 15) is 9.59 Å². The third-order valence-corrected chi connectivity index (χ3v) is 3.68. The molecule has 7 nitrogen and oxygen atoms in total. The first-order chi connectivity index (χ1) is 9.11. The number of carbonyl (C=O) groups excluding carboxylic acids is 1. The first-order valence-corrected chi connectivity index (χ1v) is 6.52. The van der Waals surface area contributed by atoms with Gasteiger partial charge in [-0.2, -0.15) is 0 Å². The van der Waals surface area contributed by atoms with Gasteiger partial charge in [-0.25, -0.2) is 4.79 Å². The minimum absolute atomic E-state index is 0.0382. The van der Waals surface area contributed by atoms with E-state index in [0.29, 0.717) is 32.6 Å². The molecule has 0 saturated carbocycles. The average Bonchev–Trinajstić information content (AvgIpc) is 3.04. The SMILES string of the molecule is CNC1COCC1C(=O)NCC1CCC(C(=O)O)O1. The summed E-state index contributed by atoms with van der Waals surface area (Å²) in [5.74, 6) is -1.20. The number of rotatable bonds is 5. The Morgan fingerprint density at radius 3 is 2.74 bits per heavy atom. The van der Waals surface area contributed by atoms with E-state index in [0.717, 1.165) is 0 Å². The topological polar surface area (TPSA) is 96.9 Å². The number of ether oxygens (including phenoxy) is 2. The molecule has 2 rings (SSSR count). The fraction of sp³-hybridized carbons (Fsp3) is 0.833. The number of nitrogens with one attached hydrogen (secondary N) is 2. The molecule has 2 fully saturated rings. The monoisotopic (exact) mass is 272 g/mol. The van der Waals surface area contributed by atoms with Crippen molar-refractivity contribution in [3.8, 4) is 0 Å². The van der Waals surface area contributed by atoms with Crippen LogP contribution < -0.4 is 10.6 Å². The van der Waals surface area contributed by atoms with Crippen LogP contribution in [0.15, 0.2) is 0 Å². The van der Waals surface area contributed by atoms with Crippen LogP contribution in [0, 0.1) is 5.92 Å². The number of hydrogen-bond donors (Lipinski definition) is 3. The van der Waals surface area contributed by atoms with Crippen LogP contribution in [0.5, 0.6) is 0 Å². The molecule has 19 heavy (non-hydrogen) atoms. The molecule has 2 aliphatic heterocycles. The summed E-state index contributed by atoms with van der Waals surface area (Å²) in [4.78, 5) is 22.7. The summed E-state index contributed by atoms with van der Waals surface area (Å²) in [5, 5.41) is 14.7. The van der Waals surface area contributed by atoms with E-state index in [2.05, 4.69) is 10.6 Å². The Kier molecular flexibility index (Phi) is 4.73. The Bertz CT molecular complexity index is 349. The van der Waals surface area contributed by atoms with Gasteiger partial charge in [0.2, 0.25) is 5.91 Å². The van der Waals surface area contributed by atoms with Crippen LogP contribution in [0.3, 0.4) is 0 Å². The van der Waals surface area contributed by atoms with Gasteiger partial charge in [0.25, 0.3) is 0 Å². The van der Waals surface area contributed by atoms with Gasteiger partial charge >= 0.3 is 5.97 Å². The molecule has 108 valence electrons. The first-order valence-electron chi connectivity index (χ1n) is 6.52. The van der Waals surface area contributed by atoms with Crippen molar-refractivity contribution in [3.05, 3.63) is 0 Å². The molecule has 0 bridgehead atoms. The molecule has 0 aromatic carbocycles. The van der Waals surface area contributed by atoms with Crippen molar-refractivity contribution in [1.82, 2.24) is 10.6 Å². The lowest BCUT2D eigenvalue weighted by Crippen LogP contribution is -2.44. The second-order valence-electron chi connectivity index (χ2n) is 4.95. The molecule has 0 radical (unpaired) electrons. The zero-order chi connectivity index (χ0) is 13.8. The zero-order valence-electron chi connectivity index (χ0n) is 10.9. The fourth-order valence-electron chi connectivity index (χ4n) is 2.48. The summed E-state index contributed by atoms with van der Waals surface area (Å²) in [6, 6.07) is 0.0382. The van der Waals surface area contributed by atoms with Gasteiger partial charge in [-0.3, -0.25) is 4.79 Å². The molecule has 2 heterocycles. The molecule has 3 N–H and O–H groups in total. The highest BCUT2D eigenvalue weighted by atomic mass is 16.5. The lowest BCUT2D eigenvalue weighted by atomic mass is 10.0. The molecule has 2 aliphatic rings. The summed E-state index contributed by atoms with van der Waals surface area (Å²) < 4.78 is 10.6. The molecule has 4 unspecified atom stereocenters. The zero-order valence-corrected chi connectivity index (χ0v) is 10.9. The number of likely N-dealkylation sites (N-methyl/N-ethyl adjacent to an activating group) is 1. The summed E-state index contributed by atoms with van der Waals surface area (Å²) in [7, 11) is 1.80. The van der Waals surface area contributed by atoms with Gasteiger partial charge in [-0.1, -0.05) is 0 Å². The largest absolute Gasteiger partial charge is 0.479 e.